The van der Waals surface area contributed by atoms with Gasteiger partial charge in [-0.2, -0.15) is 4.31 Å². The monoisotopic (exact) mass is 321 g/mol. The Balaban J connectivity index is 2.44. The molecular weight excluding hydrogens is 308 g/mol. The van der Waals surface area contributed by atoms with Crippen LogP contribution in [0.1, 0.15) is 6.42 Å². The quantitative estimate of drug-likeness (QED) is 0.808. The fourth-order valence-electron chi connectivity index (χ4n) is 2.21. The van der Waals surface area contributed by atoms with Gasteiger partial charge in [0.15, 0.2) is 0 Å². The summed E-state index contributed by atoms with van der Waals surface area (Å²) in [5, 5.41) is 9.57. The van der Waals surface area contributed by atoms with Gasteiger partial charge in [0.05, 0.1) is 13.2 Å². The van der Waals surface area contributed by atoms with Gasteiger partial charge in [0, 0.05) is 19.0 Å². The highest BCUT2D eigenvalue weighted by Gasteiger charge is 2.44. The van der Waals surface area contributed by atoms with Gasteiger partial charge in [-0.25, -0.2) is 17.2 Å². The van der Waals surface area contributed by atoms with E-state index in [1.165, 1.54) is 0 Å². The van der Waals surface area contributed by atoms with Crippen LogP contribution in [0.15, 0.2) is 23.1 Å². The average Bonchev–Trinajstić information content (AvgIpc) is 2.80. The highest BCUT2D eigenvalue weighted by Crippen LogP contribution is 2.28. The zero-order chi connectivity index (χ0) is 15.8. The van der Waals surface area contributed by atoms with Crippen LogP contribution in [0.4, 0.5) is 8.78 Å². The molecule has 9 heteroatoms. The van der Waals surface area contributed by atoms with Gasteiger partial charge in [-0.1, -0.05) is 0 Å². The summed E-state index contributed by atoms with van der Waals surface area (Å²) in [6.45, 7) is -0.362. The van der Waals surface area contributed by atoms with Crippen molar-refractivity contribution in [1.29, 1.82) is 0 Å². The molecule has 1 aromatic carbocycles. The van der Waals surface area contributed by atoms with Crippen molar-refractivity contribution < 1.29 is 31.8 Å². The summed E-state index contributed by atoms with van der Waals surface area (Å²) in [5.74, 6) is -3.03. The Kier molecular flexibility index (Phi) is 4.26. The van der Waals surface area contributed by atoms with E-state index in [1.54, 1.807) is 0 Å². The maximum atomic E-state index is 13.7. The Bertz CT molecular complexity index is 664. The maximum absolute atomic E-state index is 13.7. The van der Waals surface area contributed by atoms with Gasteiger partial charge in [0.2, 0.25) is 10.0 Å². The van der Waals surface area contributed by atoms with Crippen molar-refractivity contribution in [2.24, 2.45) is 0 Å². The number of aliphatic hydroxyl groups is 1. The van der Waals surface area contributed by atoms with Crippen LogP contribution in [-0.4, -0.2) is 49.6 Å². The molecule has 1 aromatic rings. The van der Waals surface area contributed by atoms with E-state index < -0.39 is 44.7 Å². The Morgan fingerprint density at radius 2 is 2.10 bits per heavy atom. The van der Waals surface area contributed by atoms with Crippen LogP contribution in [0.25, 0.3) is 0 Å². The minimum atomic E-state index is -4.39. The first-order valence-electron chi connectivity index (χ1n) is 6.00. The minimum Gasteiger partial charge on any atom is -0.468 e. The fourth-order valence-corrected chi connectivity index (χ4v) is 3.88. The Morgan fingerprint density at radius 3 is 2.67 bits per heavy atom. The number of carbonyl (C=O) groups excluding carboxylic acids is 1. The number of hydrogen-bond acceptors (Lipinski definition) is 5. The van der Waals surface area contributed by atoms with Crippen molar-refractivity contribution in [2.75, 3.05) is 13.7 Å². The molecule has 0 aliphatic carbocycles. The summed E-state index contributed by atoms with van der Waals surface area (Å²) in [6.07, 6.45) is -1.21. The molecule has 1 aliphatic rings. The minimum absolute atomic E-state index is 0.144. The summed E-state index contributed by atoms with van der Waals surface area (Å²) >= 11 is 0. The van der Waals surface area contributed by atoms with Crippen LogP contribution in [0.3, 0.4) is 0 Å². The molecule has 0 bridgehead atoms. The first-order chi connectivity index (χ1) is 9.77. The standard InChI is InChI=1S/C12H13F2NO5S/c1-20-12(17)10-5-8(16)6-15(10)21(18,19)11-3-2-7(13)4-9(11)14/h2-4,8,10,16H,5-6H2,1H3. The van der Waals surface area contributed by atoms with E-state index in [-0.39, 0.29) is 13.0 Å². The van der Waals surface area contributed by atoms with Gasteiger partial charge in [-0.3, -0.25) is 4.79 Å². The first kappa shape index (κ1) is 15.8. The van der Waals surface area contributed by atoms with E-state index in [0.717, 1.165) is 19.2 Å². The highest BCUT2D eigenvalue weighted by molar-refractivity contribution is 7.89. The van der Waals surface area contributed by atoms with E-state index in [2.05, 4.69) is 4.74 Å². The number of carbonyl (C=O) groups is 1. The number of rotatable bonds is 3. The smallest absolute Gasteiger partial charge is 0.324 e. The van der Waals surface area contributed by atoms with Gasteiger partial charge < -0.3 is 9.84 Å². The van der Waals surface area contributed by atoms with Crippen molar-refractivity contribution in [3.8, 4) is 0 Å². The van der Waals surface area contributed by atoms with Crippen molar-refractivity contribution in [1.82, 2.24) is 4.31 Å². The molecule has 0 radical (unpaired) electrons. The third kappa shape index (κ3) is 2.89. The van der Waals surface area contributed by atoms with E-state index >= 15 is 0 Å². The number of esters is 1. The van der Waals surface area contributed by atoms with Crippen molar-refractivity contribution in [3.05, 3.63) is 29.8 Å². The number of benzene rings is 1. The Morgan fingerprint density at radius 1 is 1.43 bits per heavy atom. The Labute approximate surface area is 120 Å². The van der Waals surface area contributed by atoms with Crippen LogP contribution in [0.5, 0.6) is 0 Å². The first-order valence-corrected chi connectivity index (χ1v) is 7.44. The predicted molar refractivity (Wildman–Crippen MR) is 66.7 cm³/mol. The molecule has 116 valence electrons. The molecule has 0 amide bonds. The number of nitrogens with zero attached hydrogens (tertiary/aromatic N) is 1. The number of aliphatic hydroxyl groups excluding tert-OH is 1. The molecule has 2 atom stereocenters. The van der Waals surface area contributed by atoms with Crippen LogP contribution in [0.2, 0.25) is 0 Å². The second kappa shape index (κ2) is 5.66. The molecule has 6 nitrogen and oxygen atoms in total. The van der Waals surface area contributed by atoms with Crippen LogP contribution < -0.4 is 0 Å². The largest absolute Gasteiger partial charge is 0.468 e. The van der Waals surface area contributed by atoms with Gasteiger partial charge in [0.1, 0.15) is 22.6 Å². The summed E-state index contributed by atoms with van der Waals surface area (Å²) in [7, 11) is -3.31. The van der Waals surface area contributed by atoms with E-state index in [1.807, 2.05) is 0 Å². The normalized spacial score (nSPS) is 23.2. The van der Waals surface area contributed by atoms with Gasteiger partial charge >= 0.3 is 5.97 Å². The number of halogens is 2. The zero-order valence-corrected chi connectivity index (χ0v) is 11.8. The van der Waals surface area contributed by atoms with Crippen LogP contribution >= 0.6 is 0 Å². The molecule has 1 aliphatic heterocycles. The third-order valence-electron chi connectivity index (χ3n) is 3.19. The highest BCUT2D eigenvalue weighted by atomic mass is 32.2. The molecule has 1 saturated heterocycles. The number of ether oxygens (including phenoxy) is 1. The summed E-state index contributed by atoms with van der Waals surface area (Å²) in [5.41, 5.74) is 0. The number of methoxy groups -OCH3 is 1. The lowest BCUT2D eigenvalue weighted by molar-refractivity contribution is -0.144. The number of hydrogen-bond donors (Lipinski definition) is 1. The molecule has 1 heterocycles. The third-order valence-corrected chi connectivity index (χ3v) is 5.10. The molecule has 0 aromatic heterocycles. The summed E-state index contributed by atoms with van der Waals surface area (Å²) in [4.78, 5) is 10.8. The van der Waals surface area contributed by atoms with E-state index in [4.69, 9.17) is 0 Å². The fraction of sp³-hybridized carbons (Fsp3) is 0.417. The van der Waals surface area contributed by atoms with E-state index in [0.29, 0.717) is 10.4 Å². The van der Waals surface area contributed by atoms with Gasteiger partial charge in [-0.15, -0.1) is 0 Å². The zero-order valence-electron chi connectivity index (χ0n) is 11.0. The second-order valence-corrected chi connectivity index (χ2v) is 6.44. The van der Waals surface area contributed by atoms with E-state index in [9.17, 15) is 27.1 Å². The molecule has 2 unspecified atom stereocenters. The number of β-amino-alcohol motifs (C(OH)–C–C–N with tert-alkyl or cyclic N) is 1. The molecule has 1 N–H and O–H groups in total. The molecule has 21 heavy (non-hydrogen) atoms. The van der Waals surface area contributed by atoms with Crippen molar-refractivity contribution in [2.45, 2.75) is 23.5 Å². The molecule has 2 rings (SSSR count). The van der Waals surface area contributed by atoms with Crippen LogP contribution in [0, 0.1) is 11.6 Å². The molecular formula is C12H13F2NO5S. The lowest BCUT2D eigenvalue weighted by atomic mass is 10.2. The average molecular weight is 321 g/mol. The molecule has 0 spiro atoms. The molecule has 0 saturated carbocycles. The van der Waals surface area contributed by atoms with Gasteiger partial charge in [-0.05, 0) is 12.1 Å². The lowest BCUT2D eigenvalue weighted by Crippen LogP contribution is -2.41. The SMILES string of the molecule is COC(=O)C1CC(O)CN1S(=O)(=O)c1ccc(F)cc1F. The van der Waals surface area contributed by atoms with Crippen molar-refractivity contribution in [3.63, 3.8) is 0 Å². The van der Waals surface area contributed by atoms with Crippen molar-refractivity contribution >= 4 is 16.0 Å². The molecule has 1 fully saturated rings. The predicted octanol–water partition coefficient (Wildman–Crippen LogP) is 0.262. The topological polar surface area (TPSA) is 83.9 Å². The Hall–Kier alpha value is -1.58. The summed E-state index contributed by atoms with van der Waals surface area (Å²) < 4.78 is 56.5. The summed E-state index contributed by atoms with van der Waals surface area (Å²) in [6, 6.07) is 0.778. The lowest BCUT2D eigenvalue weighted by Gasteiger charge is -2.22. The van der Waals surface area contributed by atoms with Crippen LogP contribution in [-0.2, 0) is 19.6 Å². The second-order valence-electron chi connectivity index (χ2n) is 4.58. The van der Waals surface area contributed by atoms with Gasteiger partial charge in [0.25, 0.3) is 0 Å². The number of sulfonamides is 1. The maximum Gasteiger partial charge on any atom is 0.324 e.